The number of nitro groups is 1. The smallest absolute Gasteiger partial charge is 0.273 e. The highest BCUT2D eigenvalue weighted by Crippen LogP contribution is 2.30. The fourth-order valence-electron chi connectivity index (χ4n) is 2.49. The third-order valence-corrected chi connectivity index (χ3v) is 5.14. The molecule has 1 aromatic heterocycles. The first-order valence-electron chi connectivity index (χ1n) is 7.34. The summed E-state index contributed by atoms with van der Waals surface area (Å²) in [5.41, 5.74) is 1.88. The number of thiazole rings is 1. The highest BCUT2D eigenvalue weighted by atomic mass is 32.1. The van der Waals surface area contributed by atoms with Gasteiger partial charge in [0.25, 0.3) is 5.69 Å². The average Bonchev–Trinajstić information content (AvgIpc) is 2.98. The number of benzene rings is 2. The van der Waals surface area contributed by atoms with Gasteiger partial charge in [0.15, 0.2) is 0 Å². The van der Waals surface area contributed by atoms with Crippen molar-refractivity contribution in [1.29, 1.82) is 0 Å². The van der Waals surface area contributed by atoms with Crippen LogP contribution in [0.3, 0.4) is 0 Å². The molecule has 0 unspecified atom stereocenters. The lowest BCUT2D eigenvalue weighted by Crippen LogP contribution is -2.22. The summed E-state index contributed by atoms with van der Waals surface area (Å²) in [4.78, 5) is 17.6. The molecule has 6 heteroatoms. The second-order valence-corrected chi connectivity index (χ2v) is 6.56. The van der Waals surface area contributed by atoms with Gasteiger partial charge in [-0.3, -0.25) is 15.0 Å². The van der Waals surface area contributed by atoms with Crippen molar-refractivity contribution in [2.24, 2.45) is 0 Å². The minimum atomic E-state index is -0.328. The molecule has 2 aromatic carbocycles. The van der Waals surface area contributed by atoms with E-state index in [2.05, 4.69) is 22.9 Å². The van der Waals surface area contributed by atoms with Crippen molar-refractivity contribution in [3.63, 3.8) is 0 Å². The van der Waals surface area contributed by atoms with Crippen molar-refractivity contribution < 1.29 is 4.92 Å². The summed E-state index contributed by atoms with van der Waals surface area (Å²) in [5, 5.41) is 12.2. The van der Waals surface area contributed by atoms with Crippen LogP contribution in [0.2, 0.25) is 0 Å². The van der Waals surface area contributed by atoms with Crippen LogP contribution in [-0.4, -0.2) is 21.9 Å². The molecular formula is C17H17N3O2S. The molecule has 23 heavy (non-hydrogen) atoms. The van der Waals surface area contributed by atoms with E-state index in [4.69, 9.17) is 0 Å². The molecule has 118 valence electrons. The second-order valence-electron chi connectivity index (χ2n) is 5.50. The predicted molar refractivity (Wildman–Crippen MR) is 92.6 cm³/mol. The third-order valence-electron chi connectivity index (χ3n) is 3.94. The van der Waals surface area contributed by atoms with Gasteiger partial charge in [0.2, 0.25) is 0 Å². The van der Waals surface area contributed by atoms with Gasteiger partial charge in [0, 0.05) is 18.2 Å². The first-order chi connectivity index (χ1) is 11.1. The van der Waals surface area contributed by atoms with Gasteiger partial charge in [-0.2, -0.15) is 0 Å². The van der Waals surface area contributed by atoms with Crippen LogP contribution in [0.1, 0.15) is 23.5 Å². The van der Waals surface area contributed by atoms with Gasteiger partial charge in [-0.15, -0.1) is 11.3 Å². The van der Waals surface area contributed by atoms with E-state index in [9.17, 15) is 10.1 Å². The molecule has 0 spiro atoms. The topological polar surface area (TPSA) is 59.3 Å². The Bertz CT molecular complexity index is 813. The van der Waals surface area contributed by atoms with E-state index in [1.165, 1.54) is 0 Å². The van der Waals surface area contributed by atoms with Crippen LogP contribution in [-0.2, 0) is 6.54 Å². The van der Waals surface area contributed by atoms with Crippen molar-refractivity contribution in [2.45, 2.75) is 19.5 Å². The summed E-state index contributed by atoms with van der Waals surface area (Å²) >= 11 is 1.67. The van der Waals surface area contributed by atoms with Crippen molar-refractivity contribution in [3.8, 4) is 0 Å². The van der Waals surface area contributed by atoms with E-state index in [0.29, 0.717) is 12.1 Å². The zero-order chi connectivity index (χ0) is 16.4. The van der Waals surface area contributed by atoms with Gasteiger partial charge < -0.3 is 0 Å². The predicted octanol–water partition coefficient (Wildman–Crippen LogP) is 4.40. The maximum Gasteiger partial charge on any atom is 0.273 e. The van der Waals surface area contributed by atoms with E-state index in [0.717, 1.165) is 15.2 Å². The summed E-state index contributed by atoms with van der Waals surface area (Å²) in [6.45, 7) is 2.58. The molecule has 3 rings (SSSR count). The first kappa shape index (κ1) is 15.6. The summed E-state index contributed by atoms with van der Waals surface area (Å²) in [5.74, 6) is 0. The fourth-order valence-corrected chi connectivity index (χ4v) is 3.57. The summed E-state index contributed by atoms with van der Waals surface area (Å²) in [7, 11) is 1.97. The number of rotatable bonds is 5. The van der Waals surface area contributed by atoms with Gasteiger partial charge in [0.05, 0.1) is 21.2 Å². The van der Waals surface area contributed by atoms with E-state index < -0.39 is 0 Å². The number of nitrogens with zero attached hydrogens (tertiary/aromatic N) is 3. The molecule has 0 aliphatic heterocycles. The van der Waals surface area contributed by atoms with E-state index in [-0.39, 0.29) is 16.7 Å². The lowest BCUT2D eigenvalue weighted by atomic mass is 10.1. The van der Waals surface area contributed by atoms with Crippen LogP contribution in [0.15, 0.2) is 48.5 Å². The largest absolute Gasteiger partial charge is 0.293 e. The van der Waals surface area contributed by atoms with Gasteiger partial charge in [0.1, 0.15) is 5.01 Å². The molecule has 0 saturated carbocycles. The Labute approximate surface area is 138 Å². The quantitative estimate of drug-likeness (QED) is 0.515. The van der Waals surface area contributed by atoms with Crippen LogP contribution in [0.25, 0.3) is 10.2 Å². The number of fused-ring (bicyclic) bond motifs is 1. The average molecular weight is 327 g/mol. The van der Waals surface area contributed by atoms with Crippen molar-refractivity contribution in [2.75, 3.05) is 7.05 Å². The molecule has 1 heterocycles. The SMILES string of the molecule is C[C@@H](c1nc2ccccc2s1)N(C)Cc1ccccc1[N+](=O)[O-]. The molecule has 0 bridgehead atoms. The highest BCUT2D eigenvalue weighted by Gasteiger charge is 2.20. The maximum absolute atomic E-state index is 11.1. The Hall–Kier alpha value is -2.31. The maximum atomic E-state index is 11.1. The van der Waals surface area contributed by atoms with Gasteiger partial charge >= 0.3 is 0 Å². The molecule has 0 aliphatic rings. The summed E-state index contributed by atoms with van der Waals surface area (Å²) in [6.07, 6.45) is 0. The molecule has 5 nitrogen and oxygen atoms in total. The van der Waals surface area contributed by atoms with Crippen molar-refractivity contribution in [3.05, 3.63) is 69.2 Å². The molecule has 0 saturated heterocycles. The third kappa shape index (κ3) is 3.23. The first-order valence-corrected chi connectivity index (χ1v) is 8.16. The van der Waals surface area contributed by atoms with E-state index in [1.807, 2.05) is 31.3 Å². The standard InChI is InChI=1S/C17H17N3O2S/c1-12(17-18-14-8-4-6-10-16(14)23-17)19(2)11-13-7-3-5-9-15(13)20(21)22/h3-10,12H,11H2,1-2H3/t12-/m0/s1. The van der Waals surface area contributed by atoms with Crippen LogP contribution in [0, 0.1) is 10.1 Å². The van der Waals surface area contributed by atoms with Crippen molar-refractivity contribution >= 4 is 27.2 Å². The zero-order valence-corrected chi connectivity index (χ0v) is 13.8. The summed E-state index contributed by atoms with van der Waals surface area (Å²) in [6, 6.07) is 15.0. The molecule has 3 aromatic rings. The minimum Gasteiger partial charge on any atom is -0.293 e. The van der Waals surface area contributed by atoms with Gasteiger partial charge in [-0.1, -0.05) is 30.3 Å². The lowest BCUT2D eigenvalue weighted by Gasteiger charge is -2.22. The Morgan fingerprint density at radius 1 is 1.22 bits per heavy atom. The highest BCUT2D eigenvalue weighted by molar-refractivity contribution is 7.18. The van der Waals surface area contributed by atoms with E-state index >= 15 is 0 Å². The molecule has 0 radical (unpaired) electrons. The number of aromatic nitrogens is 1. The van der Waals surface area contributed by atoms with Gasteiger partial charge in [-0.25, -0.2) is 4.98 Å². The zero-order valence-electron chi connectivity index (χ0n) is 13.0. The lowest BCUT2D eigenvalue weighted by molar-refractivity contribution is -0.385. The Morgan fingerprint density at radius 3 is 2.65 bits per heavy atom. The Balaban J connectivity index is 1.82. The second kappa shape index (κ2) is 6.44. The molecular weight excluding hydrogens is 310 g/mol. The molecule has 0 fully saturated rings. The number of hydrogen-bond acceptors (Lipinski definition) is 5. The molecule has 0 N–H and O–H groups in total. The monoisotopic (exact) mass is 327 g/mol. The normalized spacial score (nSPS) is 12.7. The minimum absolute atomic E-state index is 0.0900. The summed E-state index contributed by atoms with van der Waals surface area (Å²) < 4.78 is 1.16. The van der Waals surface area contributed by atoms with Crippen LogP contribution in [0.4, 0.5) is 5.69 Å². The van der Waals surface area contributed by atoms with Crippen LogP contribution in [0.5, 0.6) is 0 Å². The number of hydrogen-bond donors (Lipinski definition) is 0. The van der Waals surface area contributed by atoms with Crippen LogP contribution >= 0.6 is 11.3 Å². The van der Waals surface area contributed by atoms with E-state index in [1.54, 1.807) is 29.5 Å². The van der Waals surface area contributed by atoms with Gasteiger partial charge in [-0.05, 0) is 26.1 Å². The van der Waals surface area contributed by atoms with Crippen molar-refractivity contribution in [1.82, 2.24) is 9.88 Å². The van der Waals surface area contributed by atoms with Crippen LogP contribution < -0.4 is 0 Å². The molecule has 1 atom stereocenters. The molecule has 0 aliphatic carbocycles. The Kier molecular flexibility index (Phi) is 4.36. The number of nitro benzene ring substituents is 1. The number of para-hydroxylation sites is 2. The Morgan fingerprint density at radius 2 is 1.91 bits per heavy atom. The molecule has 0 amide bonds. The fraction of sp³-hybridized carbons (Fsp3) is 0.235.